The molecule has 2 aromatic rings. The van der Waals surface area contributed by atoms with E-state index in [1.165, 1.54) is 29.6 Å². The minimum absolute atomic E-state index is 0.0179. The normalized spacial score (nSPS) is 16.8. The molecule has 33 heavy (non-hydrogen) atoms. The lowest BCUT2D eigenvalue weighted by Gasteiger charge is -2.34. The highest BCUT2D eigenvalue weighted by Gasteiger charge is 2.34. The maximum atomic E-state index is 13.5. The van der Waals surface area contributed by atoms with E-state index < -0.39 is 21.9 Å². The van der Waals surface area contributed by atoms with Crippen molar-refractivity contribution in [1.82, 2.24) is 4.31 Å². The molecule has 1 amide bonds. The number of sulfonamides is 1. The summed E-state index contributed by atoms with van der Waals surface area (Å²) in [7, 11) is -2.43. The molecule has 2 aromatic carbocycles. The van der Waals surface area contributed by atoms with E-state index in [9.17, 15) is 18.0 Å². The number of benzene rings is 2. The smallest absolute Gasteiger partial charge is 0.338 e. The highest BCUT2D eigenvalue weighted by molar-refractivity contribution is 7.89. The predicted molar refractivity (Wildman–Crippen MR) is 125 cm³/mol. The van der Waals surface area contributed by atoms with Crippen molar-refractivity contribution in [2.24, 2.45) is 0 Å². The molecule has 1 N–H and O–H groups in total. The number of anilines is 1. The summed E-state index contributed by atoms with van der Waals surface area (Å²) in [5, 5.41) is 2.73. The number of rotatable bonds is 8. The topological polar surface area (TPSA) is 102 Å². The quantitative estimate of drug-likeness (QED) is 0.579. The number of ether oxygens (including phenoxy) is 2. The van der Waals surface area contributed by atoms with E-state index in [0.717, 1.165) is 25.7 Å². The van der Waals surface area contributed by atoms with Gasteiger partial charge in [-0.05, 0) is 68.7 Å². The molecular formula is C24H30N2O6S. The predicted octanol–water partition coefficient (Wildman–Crippen LogP) is 4.08. The van der Waals surface area contributed by atoms with Crippen molar-refractivity contribution in [1.29, 1.82) is 0 Å². The van der Waals surface area contributed by atoms with Crippen molar-refractivity contribution in [2.75, 3.05) is 25.6 Å². The van der Waals surface area contributed by atoms with Gasteiger partial charge in [0.2, 0.25) is 10.0 Å². The van der Waals surface area contributed by atoms with Crippen LogP contribution in [-0.2, 0) is 14.8 Å². The fourth-order valence-electron chi connectivity index (χ4n) is 3.95. The van der Waals surface area contributed by atoms with Crippen LogP contribution < -0.4 is 10.1 Å². The Morgan fingerprint density at radius 3 is 2.39 bits per heavy atom. The number of amides is 1. The van der Waals surface area contributed by atoms with E-state index in [1.54, 1.807) is 31.2 Å². The van der Waals surface area contributed by atoms with E-state index in [-0.39, 0.29) is 28.9 Å². The van der Waals surface area contributed by atoms with Gasteiger partial charge in [-0.3, -0.25) is 4.79 Å². The lowest BCUT2D eigenvalue weighted by atomic mass is 10.0. The summed E-state index contributed by atoms with van der Waals surface area (Å²) in [6, 6.07) is 10.6. The number of piperidine rings is 1. The van der Waals surface area contributed by atoms with Crippen molar-refractivity contribution in [2.45, 2.75) is 50.5 Å². The highest BCUT2D eigenvalue weighted by atomic mass is 32.2. The van der Waals surface area contributed by atoms with Gasteiger partial charge in [0.1, 0.15) is 10.6 Å². The van der Waals surface area contributed by atoms with Gasteiger partial charge in [0.25, 0.3) is 5.91 Å². The molecule has 0 aromatic heterocycles. The molecule has 0 aliphatic carbocycles. The summed E-state index contributed by atoms with van der Waals surface area (Å²) in [6.45, 7) is 4.43. The first-order chi connectivity index (χ1) is 15.8. The Morgan fingerprint density at radius 1 is 1.06 bits per heavy atom. The van der Waals surface area contributed by atoms with Crippen molar-refractivity contribution in [3.63, 3.8) is 0 Å². The van der Waals surface area contributed by atoms with Gasteiger partial charge in [-0.25, -0.2) is 13.2 Å². The zero-order chi connectivity index (χ0) is 24.0. The Kier molecular flexibility index (Phi) is 8.10. The first kappa shape index (κ1) is 24.7. The molecule has 1 heterocycles. The zero-order valence-corrected chi connectivity index (χ0v) is 20.0. The van der Waals surface area contributed by atoms with E-state index in [0.29, 0.717) is 17.8 Å². The Bertz CT molecular complexity index is 1100. The monoisotopic (exact) mass is 474 g/mol. The first-order valence-corrected chi connectivity index (χ1v) is 12.5. The summed E-state index contributed by atoms with van der Waals surface area (Å²) in [5.41, 5.74) is 1.03. The first-order valence-electron chi connectivity index (χ1n) is 11.1. The summed E-state index contributed by atoms with van der Waals surface area (Å²) < 4.78 is 38.8. The number of nitrogens with one attached hydrogen (secondary N) is 1. The number of hydrogen-bond donors (Lipinski definition) is 1. The van der Waals surface area contributed by atoms with Crippen LogP contribution in [0.25, 0.3) is 0 Å². The molecule has 1 aliphatic rings. The molecule has 1 aliphatic heterocycles. The second kappa shape index (κ2) is 10.8. The van der Waals surface area contributed by atoms with Gasteiger partial charge in [0.05, 0.1) is 19.3 Å². The fraction of sp³-hybridized carbons (Fsp3) is 0.417. The molecule has 1 unspecified atom stereocenters. The second-order valence-electron chi connectivity index (χ2n) is 7.79. The molecule has 0 saturated carbocycles. The van der Waals surface area contributed by atoms with Crippen LogP contribution in [0.1, 0.15) is 60.2 Å². The molecule has 0 radical (unpaired) electrons. The van der Waals surface area contributed by atoms with Crippen LogP contribution in [0, 0.1) is 0 Å². The average Bonchev–Trinajstić information content (AvgIpc) is 2.84. The highest BCUT2D eigenvalue weighted by Crippen LogP contribution is 2.32. The zero-order valence-electron chi connectivity index (χ0n) is 19.2. The molecule has 1 fully saturated rings. The van der Waals surface area contributed by atoms with Crippen LogP contribution in [0.3, 0.4) is 0 Å². The van der Waals surface area contributed by atoms with Crippen LogP contribution in [0.15, 0.2) is 47.4 Å². The molecule has 8 nitrogen and oxygen atoms in total. The summed E-state index contributed by atoms with van der Waals surface area (Å²) in [6.07, 6.45) is 3.35. The van der Waals surface area contributed by atoms with Crippen LogP contribution >= 0.6 is 0 Å². The number of carbonyl (C=O) groups excluding carboxylic acids is 2. The molecule has 1 saturated heterocycles. The number of hydrogen-bond acceptors (Lipinski definition) is 6. The van der Waals surface area contributed by atoms with Crippen molar-refractivity contribution in [3.05, 3.63) is 53.6 Å². The molecule has 0 spiro atoms. The van der Waals surface area contributed by atoms with Gasteiger partial charge in [-0.2, -0.15) is 4.31 Å². The van der Waals surface area contributed by atoms with E-state index in [1.807, 2.05) is 6.92 Å². The Morgan fingerprint density at radius 2 is 1.76 bits per heavy atom. The molecule has 178 valence electrons. The maximum Gasteiger partial charge on any atom is 0.338 e. The third-order valence-corrected chi connectivity index (χ3v) is 7.68. The SMILES string of the molecule is CCOC(=O)c1ccc(NC(=O)c2ccc(OC)c(S(=O)(=O)N3CCCCC3CC)c2)cc1. The van der Waals surface area contributed by atoms with E-state index >= 15 is 0 Å². The van der Waals surface area contributed by atoms with Gasteiger partial charge < -0.3 is 14.8 Å². The summed E-state index contributed by atoms with van der Waals surface area (Å²) in [5.74, 6) is -0.710. The lowest BCUT2D eigenvalue weighted by molar-refractivity contribution is 0.0526. The molecule has 3 rings (SSSR count). The van der Waals surface area contributed by atoms with Gasteiger partial charge in [-0.1, -0.05) is 13.3 Å². The Hall–Kier alpha value is -2.91. The van der Waals surface area contributed by atoms with E-state index in [4.69, 9.17) is 9.47 Å². The molecule has 0 bridgehead atoms. The van der Waals surface area contributed by atoms with Crippen LogP contribution in [0.2, 0.25) is 0 Å². The molecule has 1 atom stereocenters. The minimum atomic E-state index is -3.84. The summed E-state index contributed by atoms with van der Waals surface area (Å²) in [4.78, 5) is 24.6. The van der Waals surface area contributed by atoms with E-state index in [2.05, 4.69) is 5.32 Å². The molecule has 9 heteroatoms. The van der Waals surface area contributed by atoms with Crippen LogP contribution in [-0.4, -0.2) is 50.9 Å². The van der Waals surface area contributed by atoms with Crippen LogP contribution in [0.4, 0.5) is 5.69 Å². The second-order valence-corrected chi connectivity index (χ2v) is 9.65. The summed E-state index contributed by atoms with van der Waals surface area (Å²) >= 11 is 0. The lowest BCUT2D eigenvalue weighted by Crippen LogP contribution is -2.43. The fourth-order valence-corrected chi connectivity index (χ4v) is 5.90. The molecular weight excluding hydrogens is 444 g/mol. The van der Waals surface area contributed by atoms with Gasteiger partial charge in [0, 0.05) is 23.8 Å². The van der Waals surface area contributed by atoms with Crippen molar-refractivity contribution >= 4 is 27.6 Å². The van der Waals surface area contributed by atoms with Gasteiger partial charge in [-0.15, -0.1) is 0 Å². The van der Waals surface area contributed by atoms with Gasteiger partial charge >= 0.3 is 5.97 Å². The third kappa shape index (κ3) is 5.54. The maximum absolute atomic E-state index is 13.5. The standard InChI is InChI=1S/C24H30N2O6S/c1-4-20-8-6-7-15-26(20)33(29,30)22-16-18(11-14-21(22)31-3)23(27)25-19-12-9-17(10-13-19)24(28)32-5-2/h9-14,16,20H,4-8,15H2,1-3H3,(H,25,27). The Balaban J connectivity index is 1.85. The number of methoxy groups -OCH3 is 1. The largest absolute Gasteiger partial charge is 0.495 e. The number of esters is 1. The number of nitrogens with zero attached hydrogens (tertiary/aromatic N) is 1. The minimum Gasteiger partial charge on any atom is -0.495 e. The third-order valence-electron chi connectivity index (χ3n) is 5.71. The number of carbonyl (C=O) groups is 2. The van der Waals surface area contributed by atoms with Gasteiger partial charge in [0.15, 0.2) is 0 Å². The van der Waals surface area contributed by atoms with Crippen LogP contribution in [0.5, 0.6) is 5.75 Å². The van der Waals surface area contributed by atoms with Crippen molar-refractivity contribution in [3.8, 4) is 5.75 Å². The van der Waals surface area contributed by atoms with Crippen molar-refractivity contribution < 1.29 is 27.5 Å². The average molecular weight is 475 g/mol. The Labute approximate surface area is 194 Å².